The summed E-state index contributed by atoms with van der Waals surface area (Å²) in [4.78, 5) is 18.8. The van der Waals surface area contributed by atoms with E-state index in [0.717, 1.165) is 16.8 Å². The van der Waals surface area contributed by atoms with Crippen LogP contribution in [0.5, 0.6) is 11.5 Å². The van der Waals surface area contributed by atoms with Crippen molar-refractivity contribution in [2.75, 3.05) is 25.7 Å². The van der Waals surface area contributed by atoms with Crippen molar-refractivity contribution in [2.45, 2.75) is 19.3 Å². The van der Waals surface area contributed by atoms with Crippen LogP contribution in [0.2, 0.25) is 5.02 Å². The van der Waals surface area contributed by atoms with Crippen molar-refractivity contribution in [3.8, 4) is 23.0 Å². The number of nitrogens with zero attached hydrogens (tertiary/aromatic N) is 3. The lowest BCUT2D eigenvalue weighted by molar-refractivity contribution is -0.117. The Morgan fingerprint density at radius 2 is 1.93 bits per heavy atom. The summed E-state index contributed by atoms with van der Waals surface area (Å²) in [5.41, 5.74) is 2.47. The molecule has 0 N–H and O–H groups in total. The minimum absolute atomic E-state index is 0.0224. The molecule has 1 amide bonds. The van der Waals surface area contributed by atoms with E-state index in [0.29, 0.717) is 41.2 Å². The first-order valence-electron chi connectivity index (χ1n) is 9.12. The second kappa shape index (κ2) is 7.75. The summed E-state index contributed by atoms with van der Waals surface area (Å²) in [5, 5.41) is 4.78. The zero-order chi connectivity index (χ0) is 20.5. The summed E-state index contributed by atoms with van der Waals surface area (Å²) in [6.07, 6.45) is 0.326. The van der Waals surface area contributed by atoms with E-state index in [2.05, 4.69) is 10.1 Å². The Bertz CT molecular complexity index is 1070. The molecule has 0 aliphatic carbocycles. The van der Waals surface area contributed by atoms with Gasteiger partial charge in [0.05, 0.1) is 14.2 Å². The molecule has 8 heteroatoms. The molecule has 2 aromatic carbocycles. The predicted octanol–water partition coefficient (Wildman–Crippen LogP) is 4.24. The van der Waals surface area contributed by atoms with Gasteiger partial charge in [0.15, 0.2) is 17.3 Å². The van der Waals surface area contributed by atoms with Crippen LogP contribution in [0.3, 0.4) is 0 Å². The summed E-state index contributed by atoms with van der Waals surface area (Å²) in [7, 11) is 3.14. The van der Waals surface area contributed by atoms with Gasteiger partial charge in [-0.1, -0.05) is 16.8 Å². The highest BCUT2D eigenvalue weighted by atomic mass is 35.5. The lowest BCUT2D eigenvalue weighted by Crippen LogP contribution is -2.24. The third-order valence-corrected chi connectivity index (χ3v) is 5.44. The fraction of sp³-hybridized carbons (Fsp3) is 0.286. The van der Waals surface area contributed by atoms with Crippen LogP contribution in [-0.2, 0) is 4.79 Å². The number of hydrogen-bond donors (Lipinski definition) is 0. The molecule has 0 radical (unpaired) electrons. The first kappa shape index (κ1) is 19.3. The number of methoxy groups -OCH3 is 2. The summed E-state index contributed by atoms with van der Waals surface area (Å²) >= 11 is 6.10. The van der Waals surface area contributed by atoms with Crippen molar-refractivity contribution in [3.05, 3.63) is 52.8 Å². The maximum atomic E-state index is 12.6. The number of aromatic nitrogens is 2. The van der Waals surface area contributed by atoms with Gasteiger partial charge in [-0.05, 0) is 48.9 Å². The Hall–Kier alpha value is -3.06. The van der Waals surface area contributed by atoms with E-state index in [1.807, 2.05) is 25.1 Å². The van der Waals surface area contributed by atoms with Crippen LogP contribution < -0.4 is 14.4 Å². The molecule has 0 bridgehead atoms. The minimum atomic E-state index is -0.142. The SMILES string of the molecule is COc1ccc(-c2nc(C3CC(=O)N(c4ccc(Cl)c(C)c4)C3)no2)cc1OC. The van der Waals surface area contributed by atoms with Crippen molar-refractivity contribution in [2.24, 2.45) is 0 Å². The van der Waals surface area contributed by atoms with E-state index < -0.39 is 0 Å². The molecule has 0 spiro atoms. The van der Waals surface area contributed by atoms with Crippen LogP contribution >= 0.6 is 11.6 Å². The Morgan fingerprint density at radius 1 is 1.14 bits per heavy atom. The van der Waals surface area contributed by atoms with Gasteiger partial charge in [-0.15, -0.1) is 0 Å². The third kappa shape index (κ3) is 3.65. The minimum Gasteiger partial charge on any atom is -0.493 e. The fourth-order valence-electron chi connectivity index (χ4n) is 3.41. The van der Waals surface area contributed by atoms with Crippen LogP contribution in [0.1, 0.15) is 23.7 Å². The van der Waals surface area contributed by atoms with Crippen LogP contribution in [0.15, 0.2) is 40.9 Å². The van der Waals surface area contributed by atoms with E-state index in [9.17, 15) is 4.79 Å². The second-order valence-corrected chi connectivity index (χ2v) is 7.27. The van der Waals surface area contributed by atoms with Gasteiger partial charge in [0.1, 0.15) is 0 Å². The van der Waals surface area contributed by atoms with Crippen molar-refractivity contribution in [3.63, 3.8) is 0 Å². The molecule has 1 aliphatic heterocycles. The quantitative estimate of drug-likeness (QED) is 0.622. The molecule has 4 rings (SSSR count). The van der Waals surface area contributed by atoms with Crippen molar-refractivity contribution < 1.29 is 18.8 Å². The highest BCUT2D eigenvalue weighted by Crippen LogP contribution is 2.35. The smallest absolute Gasteiger partial charge is 0.258 e. The fourth-order valence-corrected chi connectivity index (χ4v) is 3.53. The van der Waals surface area contributed by atoms with Gasteiger partial charge in [0, 0.05) is 35.2 Å². The van der Waals surface area contributed by atoms with Crippen LogP contribution in [0, 0.1) is 6.92 Å². The Morgan fingerprint density at radius 3 is 2.66 bits per heavy atom. The number of ether oxygens (including phenoxy) is 2. The average molecular weight is 414 g/mol. The first-order valence-corrected chi connectivity index (χ1v) is 9.50. The molecule has 1 aliphatic rings. The highest BCUT2D eigenvalue weighted by molar-refractivity contribution is 6.31. The number of halogens is 1. The van der Waals surface area contributed by atoms with Gasteiger partial charge in [-0.25, -0.2) is 0 Å². The topological polar surface area (TPSA) is 77.7 Å². The van der Waals surface area contributed by atoms with E-state index in [1.165, 1.54) is 0 Å². The summed E-state index contributed by atoms with van der Waals surface area (Å²) in [6.45, 7) is 2.41. The second-order valence-electron chi connectivity index (χ2n) is 6.87. The Kier molecular flexibility index (Phi) is 5.15. The summed E-state index contributed by atoms with van der Waals surface area (Å²) < 4.78 is 16.0. The van der Waals surface area contributed by atoms with Gasteiger partial charge < -0.3 is 18.9 Å². The maximum Gasteiger partial charge on any atom is 0.258 e. The number of anilines is 1. The largest absolute Gasteiger partial charge is 0.493 e. The van der Waals surface area contributed by atoms with Crippen LogP contribution in [0.25, 0.3) is 11.5 Å². The number of carbonyl (C=O) groups is 1. The zero-order valence-corrected chi connectivity index (χ0v) is 17.1. The molecule has 0 saturated carbocycles. The van der Waals surface area contributed by atoms with E-state index in [-0.39, 0.29) is 11.8 Å². The number of hydrogen-bond acceptors (Lipinski definition) is 6. The van der Waals surface area contributed by atoms with Crippen molar-refractivity contribution in [1.82, 2.24) is 10.1 Å². The highest BCUT2D eigenvalue weighted by Gasteiger charge is 2.34. The standard InChI is InChI=1S/C21H20ClN3O4/c1-12-8-15(5-6-16(12)22)25-11-14(10-19(25)26)20-23-21(29-24-20)13-4-7-17(27-2)18(9-13)28-3/h4-9,14H,10-11H2,1-3H3. The molecular formula is C21H20ClN3O4. The first-order chi connectivity index (χ1) is 14.0. The lowest BCUT2D eigenvalue weighted by Gasteiger charge is -2.17. The zero-order valence-electron chi connectivity index (χ0n) is 16.3. The molecule has 1 fully saturated rings. The predicted molar refractivity (Wildman–Crippen MR) is 109 cm³/mol. The summed E-state index contributed by atoms with van der Waals surface area (Å²) in [6, 6.07) is 10.9. The molecule has 7 nitrogen and oxygen atoms in total. The van der Waals surface area contributed by atoms with Crippen LogP contribution in [-0.4, -0.2) is 36.8 Å². The van der Waals surface area contributed by atoms with Gasteiger partial charge >= 0.3 is 0 Å². The Labute approximate surface area is 173 Å². The number of aryl methyl sites for hydroxylation is 1. The molecule has 1 atom stereocenters. The van der Waals surface area contributed by atoms with E-state index in [1.54, 1.807) is 37.3 Å². The van der Waals surface area contributed by atoms with E-state index in [4.69, 9.17) is 25.6 Å². The number of rotatable bonds is 5. The van der Waals surface area contributed by atoms with Crippen LogP contribution in [0.4, 0.5) is 5.69 Å². The molecule has 29 heavy (non-hydrogen) atoms. The normalized spacial score (nSPS) is 16.3. The van der Waals surface area contributed by atoms with E-state index >= 15 is 0 Å². The third-order valence-electron chi connectivity index (χ3n) is 5.02. The molecule has 3 aromatic rings. The molecule has 2 heterocycles. The van der Waals surface area contributed by atoms with Gasteiger partial charge in [-0.3, -0.25) is 4.79 Å². The van der Waals surface area contributed by atoms with Crippen molar-refractivity contribution >= 4 is 23.2 Å². The molecule has 1 aromatic heterocycles. The Balaban J connectivity index is 1.56. The molecule has 1 saturated heterocycles. The van der Waals surface area contributed by atoms with Gasteiger partial charge in [0.25, 0.3) is 5.89 Å². The summed E-state index contributed by atoms with van der Waals surface area (Å²) in [5.74, 6) is 1.95. The lowest BCUT2D eigenvalue weighted by atomic mass is 10.1. The van der Waals surface area contributed by atoms with Crippen molar-refractivity contribution in [1.29, 1.82) is 0 Å². The monoisotopic (exact) mass is 413 g/mol. The number of carbonyl (C=O) groups excluding carboxylic acids is 1. The molecule has 1 unspecified atom stereocenters. The maximum absolute atomic E-state index is 12.6. The van der Waals surface area contributed by atoms with Gasteiger partial charge in [0.2, 0.25) is 5.91 Å². The molecule has 150 valence electrons. The number of benzene rings is 2. The van der Waals surface area contributed by atoms with Gasteiger partial charge in [-0.2, -0.15) is 4.98 Å². The number of amides is 1. The average Bonchev–Trinajstić information content (AvgIpc) is 3.36. The molecular weight excluding hydrogens is 394 g/mol.